The van der Waals surface area contributed by atoms with Gasteiger partial charge in [0.2, 0.25) is 0 Å². The maximum Gasteiger partial charge on any atom is 0.321 e. The fourth-order valence-corrected chi connectivity index (χ4v) is 2.43. The summed E-state index contributed by atoms with van der Waals surface area (Å²) in [6, 6.07) is 4.31. The second kappa shape index (κ2) is 6.59. The van der Waals surface area contributed by atoms with E-state index in [4.69, 9.17) is 4.74 Å². The molecule has 1 aromatic carbocycles. The minimum absolute atomic E-state index is 0.167. The zero-order valence-corrected chi connectivity index (χ0v) is 12.0. The molecule has 0 saturated carbocycles. The van der Waals surface area contributed by atoms with E-state index in [1.54, 1.807) is 17.9 Å². The molecule has 110 valence electrons. The van der Waals surface area contributed by atoms with Crippen LogP contribution in [0.4, 0.5) is 14.9 Å². The van der Waals surface area contributed by atoms with Crippen molar-refractivity contribution in [2.24, 2.45) is 5.92 Å². The fraction of sp³-hybridized carbons (Fsp3) is 0.533. The first-order valence-corrected chi connectivity index (χ1v) is 7.08. The van der Waals surface area contributed by atoms with E-state index in [1.165, 1.54) is 12.1 Å². The van der Waals surface area contributed by atoms with Crippen LogP contribution >= 0.6 is 0 Å². The summed E-state index contributed by atoms with van der Waals surface area (Å²) < 4.78 is 18.8. The largest absolute Gasteiger partial charge is 0.491 e. The van der Waals surface area contributed by atoms with Crippen LogP contribution < -0.4 is 10.1 Å². The predicted molar refractivity (Wildman–Crippen MR) is 76.6 cm³/mol. The maximum absolute atomic E-state index is 13.7. The van der Waals surface area contributed by atoms with Gasteiger partial charge in [0, 0.05) is 24.8 Å². The van der Waals surface area contributed by atoms with E-state index in [2.05, 4.69) is 12.2 Å². The topological polar surface area (TPSA) is 41.6 Å². The molecule has 1 heterocycles. The highest BCUT2D eigenvalue weighted by molar-refractivity contribution is 5.89. The maximum atomic E-state index is 13.7. The minimum atomic E-state index is -0.461. The molecule has 0 spiro atoms. The molecule has 1 aromatic rings. The van der Waals surface area contributed by atoms with Crippen molar-refractivity contribution in [2.75, 3.05) is 25.0 Å². The highest BCUT2D eigenvalue weighted by atomic mass is 19.1. The first-order chi connectivity index (χ1) is 9.60. The molecule has 0 aliphatic carbocycles. The van der Waals surface area contributed by atoms with Gasteiger partial charge < -0.3 is 15.0 Å². The lowest BCUT2D eigenvalue weighted by Crippen LogP contribution is -2.41. The third-order valence-corrected chi connectivity index (χ3v) is 3.43. The Kier molecular flexibility index (Phi) is 4.82. The SMILES string of the molecule is CCOc1ccc(NC(=O)N2CCCC(C)C2)cc1F. The lowest BCUT2D eigenvalue weighted by molar-refractivity contribution is 0.182. The van der Waals surface area contributed by atoms with Gasteiger partial charge in [-0.05, 0) is 37.8 Å². The number of halogens is 1. The van der Waals surface area contributed by atoms with Crippen molar-refractivity contribution in [1.82, 2.24) is 4.90 Å². The third-order valence-electron chi connectivity index (χ3n) is 3.43. The molecule has 5 heteroatoms. The second-order valence-corrected chi connectivity index (χ2v) is 5.20. The van der Waals surface area contributed by atoms with Gasteiger partial charge in [-0.2, -0.15) is 0 Å². The Labute approximate surface area is 118 Å². The smallest absolute Gasteiger partial charge is 0.321 e. The Morgan fingerprint density at radius 1 is 1.55 bits per heavy atom. The fourth-order valence-electron chi connectivity index (χ4n) is 2.43. The zero-order chi connectivity index (χ0) is 14.5. The molecule has 1 atom stereocenters. The van der Waals surface area contributed by atoms with Gasteiger partial charge in [0.15, 0.2) is 11.6 Å². The number of hydrogen-bond donors (Lipinski definition) is 1. The number of benzene rings is 1. The number of rotatable bonds is 3. The van der Waals surface area contributed by atoms with Crippen LogP contribution in [0, 0.1) is 11.7 Å². The molecule has 1 fully saturated rings. The molecule has 20 heavy (non-hydrogen) atoms. The van der Waals surface area contributed by atoms with Crippen molar-refractivity contribution in [1.29, 1.82) is 0 Å². The van der Waals surface area contributed by atoms with Crippen LogP contribution in [0.2, 0.25) is 0 Å². The molecule has 1 aliphatic heterocycles. The summed E-state index contributed by atoms with van der Waals surface area (Å²) in [5.41, 5.74) is 0.453. The first kappa shape index (κ1) is 14.6. The van der Waals surface area contributed by atoms with Crippen molar-refractivity contribution in [2.45, 2.75) is 26.7 Å². The molecule has 1 aliphatic rings. The van der Waals surface area contributed by atoms with E-state index in [9.17, 15) is 9.18 Å². The molecular weight excluding hydrogens is 259 g/mol. The van der Waals surface area contributed by atoms with E-state index >= 15 is 0 Å². The summed E-state index contributed by atoms with van der Waals surface area (Å²) in [5.74, 6) is 0.264. The minimum Gasteiger partial charge on any atom is -0.491 e. The molecule has 2 amide bonds. The monoisotopic (exact) mass is 280 g/mol. The average Bonchev–Trinajstić information content (AvgIpc) is 2.42. The van der Waals surface area contributed by atoms with Crippen LogP contribution in [0.25, 0.3) is 0 Å². The zero-order valence-electron chi connectivity index (χ0n) is 12.0. The first-order valence-electron chi connectivity index (χ1n) is 7.08. The quantitative estimate of drug-likeness (QED) is 0.921. The Bertz CT molecular complexity index is 479. The Hall–Kier alpha value is -1.78. The van der Waals surface area contributed by atoms with Crippen molar-refractivity contribution in [3.8, 4) is 5.75 Å². The molecular formula is C15H21FN2O2. The van der Waals surface area contributed by atoms with Gasteiger partial charge in [0.25, 0.3) is 0 Å². The Morgan fingerprint density at radius 3 is 3.00 bits per heavy atom. The summed E-state index contributed by atoms with van der Waals surface area (Å²) in [6.07, 6.45) is 2.17. The highest BCUT2D eigenvalue weighted by Crippen LogP contribution is 2.22. The molecule has 0 radical (unpaired) electrons. The summed E-state index contributed by atoms with van der Waals surface area (Å²) in [5, 5.41) is 2.73. The van der Waals surface area contributed by atoms with E-state index < -0.39 is 5.82 Å². The van der Waals surface area contributed by atoms with Crippen molar-refractivity contribution < 1.29 is 13.9 Å². The lowest BCUT2D eigenvalue weighted by Gasteiger charge is -2.30. The number of carbonyl (C=O) groups is 1. The molecule has 0 aromatic heterocycles. The standard InChI is InChI=1S/C15H21FN2O2/c1-3-20-14-7-6-12(9-13(14)16)17-15(19)18-8-4-5-11(2)10-18/h6-7,9,11H,3-5,8,10H2,1-2H3,(H,17,19). The molecule has 2 rings (SSSR count). The van der Waals surface area contributed by atoms with Gasteiger partial charge in [-0.3, -0.25) is 0 Å². The number of nitrogens with one attached hydrogen (secondary N) is 1. The molecule has 1 saturated heterocycles. The highest BCUT2D eigenvalue weighted by Gasteiger charge is 2.21. The number of likely N-dealkylation sites (tertiary alicyclic amines) is 1. The van der Waals surface area contributed by atoms with Crippen molar-refractivity contribution in [3.63, 3.8) is 0 Å². The van der Waals surface area contributed by atoms with Crippen LogP contribution in [-0.2, 0) is 0 Å². The summed E-state index contributed by atoms with van der Waals surface area (Å²) >= 11 is 0. The van der Waals surface area contributed by atoms with Gasteiger partial charge >= 0.3 is 6.03 Å². The summed E-state index contributed by atoms with van der Waals surface area (Å²) in [7, 11) is 0. The van der Waals surface area contributed by atoms with E-state index in [1.807, 2.05) is 0 Å². The van der Waals surface area contributed by atoms with Gasteiger partial charge in [-0.15, -0.1) is 0 Å². The van der Waals surface area contributed by atoms with Gasteiger partial charge in [-0.25, -0.2) is 9.18 Å². The number of ether oxygens (including phenoxy) is 1. The predicted octanol–water partition coefficient (Wildman–Crippen LogP) is 3.49. The van der Waals surface area contributed by atoms with E-state index in [-0.39, 0.29) is 11.8 Å². The van der Waals surface area contributed by atoms with Gasteiger partial charge in [-0.1, -0.05) is 6.92 Å². The average molecular weight is 280 g/mol. The number of piperidine rings is 1. The molecule has 4 nitrogen and oxygen atoms in total. The van der Waals surface area contributed by atoms with Crippen LogP contribution in [0.5, 0.6) is 5.75 Å². The van der Waals surface area contributed by atoms with E-state index in [0.717, 1.165) is 25.9 Å². The van der Waals surface area contributed by atoms with Crippen molar-refractivity contribution in [3.05, 3.63) is 24.0 Å². The third kappa shape index (κ3) is 3.62. The van der Waals surface area contributed by atoms with Gasteiger partial charge in [0.05, 0.1) is 6.61 Å². The van der Waals surface area contributed by atoms with Crippen LogP contribution in [0.1, 0.15) is 26.7 Å². The molecule has 1 unspecified atom stereocenters. The van der Waals surface area contributed by atoms with Crippen LogP contribution in [0.15, 0.2) is 18.2 Å². The number of hydrogen-bond acceptors (Lipinski definition) is 2. The molecule has 0 bridgehead atoms. The second-order valence-electron chi connectivity index (χ2n) is 5.20. The number of nitrogens with zero attached hydrogens (tertiary/aromatic N) is 1. The van der Waals surface area contributed by atoms with E-state index in [0.29, 0.717) is 18.2 Å². The van der Waals surface area contributed by atoms with Gasteiger partial charge in [0.1, 0.15) is 0 Å². The Morgan fingerprint density at radius 2 is 2.35 bits per heavy atom. The number of amides is 2. The van der Waals surface area contributed by atoms with Crippen LogP contribution in [0.3, 0.4) is 0 Å². The lowest BCUT2D eigenvalue weighted by atomic mass is 10.0. The van der Waals surface area contributed by atoms with Crippen molar-refractivity contribution >= 4 is 11.7 Å². The molecule has 1 N–H and O–H groups in total. The summed E-state index contributed by atoms with van der Waals surface area (Å²) in [6.45, 7) is 5.86. The normalized spacial score (nSPS) is 18.8. The Balaban J connectivity index is 1.98. The number of anilines is 1. The number of carbonyl (C=O) groups excluding carboxylic acids is 1. The van der Waals surface area contributed by atoms with Crippen LogP contribution in [-0.4, -0.2) is 30.6 Å². The summed E-state index contributed by atoms with van der Waals surface area (Å²) in [4.78, 5) is 13.9. The number of urea groups is 1.